The van der Waals surface area contributed by atoms with Gasteiger partial charge in [0.1, 0.15) is 5.60 Å². The first-order valence-electron chi connectivity index (χ1n) is 6.30. The largest absolute Gasteiger partial charge is 0.460 e. The van der Waals surface area contributed by atoms with E-state index < -0.39 is 5.60 Å². The average Bonchev–Trinajstić information content (AvgIpc) is 2.67. The smallest absolute Gasteiger partial charge is 0.306 e. The van der Waals surface area contributed by atoms with Gasteiger partial charge in [0.15, 0.2) is 0 Å². The van der Waals surface area contributed by atoms with Crippen LogP contribution in [0.4, 0.5) is 0 Å². The van der Waals surface area contributed by atoms with Gasteiger partial charge in [0, 0.05) is 16.2 Å². The number of aryl methyl sites for hydroxylation is 1. The van der Waals surface area contributed by atoms with E-state index in [2.05, 4.69) is 5.32 Å². The molecule has 0 aliphatic carbocycles. The molecule has 0 spiro atoms. The third-order valence-corrected chi connectivity index (χ3v) is 3.23. The average molecular weight is 283 g/mol. The van der Waals surface area contributed by atoms with Crippen LogP contribution in [0.2, 0.25) is 0 Å². The molecule has 5 heteroatoms. The number of rotatable bonds is 5. The van der Waals surface area contributed by atoms with Gasteiger partial charge in [-0.25, -0.2) is 0 Å². The number of esters is 1. The maximum Gasteiger partial charge on any atom is 0.306 e. The molecular weight excluding hydrogens is 262 g/mol. The fourth-order valence-electron chi connectivity index (χ4n) is 1.46. The van der Waals surface area contributed by atoms with Crippen molar-refractivity contribution in [3.63, 3.8) is 0 Å². The minimum absolute atomic E-state index is 0.118. The van der Waals surface area contributed by atoms with Crippen LogP contribution in [-0.2, 0) is 20.9 Å². The minimum Gasteiger partial charge on any atom is -0.460 e. The molecule has 0 aliphatic heterocycles. The van der Waals surface area contributed by atoms with E-state index in [-0.39, 0.29) is 24.7 Å². The summed E-state index contributed by atoms with van der Waals surface area (Å²) in [6.45, 7) is 7.97. The van der Waals surface area contributed by atoms with E-state index in [0.29, 0.717) is 6.54 Å². The zero-order valence-electron chi connectivity index (χ0n) is 11.9. The summed E-state index contributed by atoms with van der Waals surface area (Å²) >= 11 is 1.66. The number of ether oxygens (including phenoxy) is 1. The summed E-state index contributed by atoms with van der Waals surface area (Å²) in [5.41, 5.74) is -0.498. The predicted octanol–water partition coefficient (Wildman–Crippen LogP) is 2.79. The topological polar surface area (TPSA) is 55.4 Å². The first-order valence-corrected chi connectivity index (χ1v) is 7.12. The van der Waals surface area contributed by atoms with E-state index in [0.717, 1.165) is 4.88 Å². The summed E-state index contributed by atoms with van der Waals surface area (Å²) in [6.07, 6.45) is 0.284. The van der Waals surface area contributed by atoms with Crippen molar-refractivity contribution < 1.29 is 14.3 Å². The van der Waals surface area contributed by atoms with Crippen LogP contribution >= 0.6 is 11.3 Å². The van der Waals surface area contributed by atoms with Crippen LogP contribution in [0.1, 0.15) is 43.4 Å². The lowest BCUT2D eigenvalue weighted by Crippen LogP contribution is -2.26. The standard InChI is InChI=1S/C14H21NO3S/c1-10-5-6-11(19-10)9-15-12(16)7-8-13(17)18-14(2,3)4/h5-6H,7-9H2,1-4H3,(H,15,16). The molecule has 1 N–H and O–H groups in total. The minimum atomic E-state index is -0.498. The highest BCUT2D eigenvalue weighted by molar-refractivity contribution is 7.11. The first kappa shape index (κ1) is 15.7. The summed E-state index contributed by atoms with van der Waals surface area (Å²) in [5.74, 6) is -0.466. The summed E-state index contributed by atoms with van der Waals surface area (Å²) < 4.78 is 5.14. The maximum absolute atomic E-state index is 11.6. The van der Waals surface area contributed by atoms with Gasteiger partial charge in [-0.1, -0.05) is 0 Å². The highest BCUT2D eigenvalue weighted by atomic mass is 32.1. The van der Waals surface area contributed by atoms with E-state index in [1.165, 1.54) is 4.88 Å². The molecule has 19 heavy (non-hydrogen) atoms. The summed E-state index contributed by atoms with van der Waals surface area (Å²) in [5, 5.41) is 2.79. The molecule has 0 fully saturated rings. The monoisotopic (exact) mass is 283 g/mol. The van der Waals surface area contributed by atoms with Crippen molar-refractivity contribution in [2.45, 2.75) is 52.7 Å². The second kappa shape index (κ2) is 6.70. The lowest BCUT2D eigenvalue weighted by molar-refractivity contribution is -0.155. The van der Waals surface area contributed by atoms with Crippen molar-refractivity contribution in [2.75, 3.05) is 0 Å². The molecule has 0 atom stereocenters. The van der Waals surface area contributed by atoms with Crippen LogP contribution in [-0.4, -0.2) is 17.5 Å². The Morgan fingerprint density at radius 1 is 1.26 bits per heavy atom. The van der Waals surface area contributed by atoms with Crippen molar-refractivity contribution in [3.05, 3.63) is 21.9 Å². The van der Waals surface area contributed by atoms with Crippen molar-refractivity contribution in [1.82, 2.24) is 5.32 Å². The number of amides is 1. The molecule has 0 saturated heterocycles. The summed E-state index contributed by atoms with van der Waals surface area (Å²) in [7, 11) is 0. The van der Waals surface area contributed by atoms with E-state index in [1.54, 1.807) is 11.3 Å². The Balaban J connectivity index is 2.23. The van der Waals surface area contributed by atoms with Gasteiger partial charge in [0.05, 0.1) is 13.0 Å². The summed E-state index contributed by atoms with van der Waals surface area (Å²) in [6, 6.07) is 4.01. The third kappa shape index (κ3) is 6.96. The molecule has 0 aromatic carbocycles. The first-order chi connectivity index (χ1) is 8.76. The molecule has 1 aromatic heterocycles. The SMILES string of the molecule is Cc1ccc(CNC(=O)CCC(=O)OC(C)(C)C)s1. The number of carbonyl (C=O) groups excluding carboxylic acids is 2. The molecule has 0 radical (unpaired) electrons. The third-order valence-electron chi connectivity index (χ3n) is 2.23. The molecule has 1 rings (SSSR count). The van der Waals surface area contributed by atoms with Crippen molar-refractivity contribution in [3.8, 4) is 0 Å². The molecule has 0 saturated carbocycles. The number of carbonyl (C=O) groups is 2. The number of thiophene rings is 1. The quantitative estimate of drug-likeness (QED) is 0.845. The Hall–Kier alpha value is -1.36. The van der Waals surface area contributed by atoms with Gasteiger partial charge in [0.25, 0.3) is 0 Å². The van der Waals surface area contributed by atoms with E-state index >= 15 is 0 Å². The van der Waals surface area contributed by atoms with Gasteiger partial charge in [-0.05, 0) is 39.8 Å². The highest BCUT2D eigenvalue weighted by Crippen LogP contribution is 2.14. The molecule has 1 amide bonds. The van der Waals surface area contributed by atoms with Gasteiger partial charge in [-0.3, -0.25) is 9.59 Å². The van der Waals surface area contributed by atoms with Crippen LogP contribution in [0.25, 0.3) is 0 Å². The van der Waals surface area contributed by atoms with Crippen molar-refractivity contribution in [1.29, 1.82) is 0 Å². The lowest BCUT2D eigenvalue weighted by Gasteiger charge is -2.19. The Morgan fingerprint density at radius 3 is 2.47 bits per heavy atom. The van der Waals surface area contributed by atoms with Crippen LogP contribution in [0.3, 0.4) is 0 Å². The molecule has 1 aromatic rings. The Kier molecular flexibility index (Phi) is 5.54. The predicted molar refractivity (Wildman–Crippen MR) is 76.0 cm³/mol. The number of hydrogen-bond donors (Lipinski definition) is 1. The Bertz CT molecular complexity index is 446. The second-order valence-corrected chi connectivity index (χ2v) is 6.75. The molecule has 4 nitrogen and oxygen atoms in total. The van der Waals surface area contributed by atoms with E-state index in [9.17, 15) is 9.59 Å². The van der Waals surface area contributed by atoms with Crippen LogP contribution in [0.5, 0.6) is 0 Å². The Morgan fingerprint density at radius 2 is 1.95 bits per heavy atom. The van der Waals surface area contributed by atoms with Gasteiger partial charge in [-0.2, -0.15) is 0 Å². The lowest BCUT2D eigenvalue weighted by atomic mass is 10.2. The Labute approximate surface area is 118 Å². The highest BCUT2D eigenvalue weighted by Gasteiger charge is 2.16. The van der Waals surface area contributed by atoms with Crippen LogP contribution < -0.4 is 5.32 Å². The second-order valence-electron chi connectivity index (χ2n) is 5.38. The zero-order valence-corrected chi connectivity index (χ0v) is 12.7. The molecule has 1 heterocycles. The molecule has 0 unspecified atom stereocenters. The van der Waals surface area contributed by atoms with Crippen LogP contribution in [0, 0.1) is 6.92 Å². The van der Waals surface area contributed by atoms with E-state index in [4.69, 9.17) is 4.74 Å². The zero-order chi connectivity index (χ0) is 14.5. The molecular formula is C14H21NO3S. The van der Waals surface area contributed by atoms with E-state index in [1.807, 2.05) is 39.8 Å². The number of nitrogens with one attached hydrogen (secondary N) is 1. The maximum atomic E-state index is 11.6. The van der Waals surface area contributed by atoms with Gasteiger partial charge < -0.3 is 10.1 Å². The fraction of sp³-hybridized carbons (Fsp3) is 0.571. The summed E-state index contributed by atoms with van der Waals surface area (Å²) in [4.78, 5) is 25.4. The molecule has 106 valence electrons. The van der Waals surface area contributed by atoms with Crippen LogP contribution in [0.15, 0.2) is 12.1 Å². The van der Waals surface area contributed by atoms with Crippen molar-refractivity contribution >= 4 is 23.2 Å². The normalized spacial score (nSPS) is 11.2. The van der Waals surface area contributed by atoms with Crippen molar-refractivity contribution in [2.24, 2.45) is 0 Å². The molecule has 0 bridgehead atoms. The fourth-order valence-corrected chi connectivity index (χ4v) is 2.29. The van der Waals surface area contributed by atoms with Gasteiger partial charge in [-0.15, -0.1) is 11.3 Å². The van der Waals surface area contributed by atoms with Gasteiger partial charge >= 0.3 is 5.97 Å². The molecule has 0 aliphatic rings. The number of hydrogen-bond acceptors (Lipinski definition) is 4. The van der Waals surface area contributed by atoms with Gasteiger partial charge in [0.2, 0.25) is 5.91 Å².